The van der Waals surface area contributed by atoms with E-state index >= 15 is 0 Å². The molecule has 3 N–H and O–H groups in total. The molecule has 0 unspecified atom stereocenters. The van der Waals surface area contributed by atoms with Gasteiger partial charge in [0.25, 0.3) is 5.56 Å². The van der Waals surface area contributed by atoms with Crippen LogP contribution in [0.1, 0.15) is 28.4 Å². The number of carboxylic acid groups (broad SMARTS) is 1. The fourth-order valence-corrected chi connectivity index (χ4v) is 3.10. The normalized spacial score (nSPS) is 11.0. The van der Waals surface area contributed by atoms with Gasteiger partial charge in [0.05, 0.1) is 23.5 Å². The van der Waals surface area contributed by atoms with Crippen LogP contribution in [0.15, 0.2) is 52.3 Å². The smallest absolute Gasteiger partial charge is 0.335 e. The zero-order valence-electron chi connectivity index (χ0n) is 16.2. The molecule has 0 atom stereocenters. The Kier molecular flexibility index (Phi) is 6.12. The molecule has 0 radical (unpaired) electrons. The summed E-state index contributed by atoms with van der Waals surface area (Å²) < 4.78 is 6.75. The zero-order chi connectivity index (χ0) is 21.8. The van der Waals surface area contributed by atoms with Crippen molar-refractivity contribution in [3.8, 4) is 17.3 Å². The third kappa shape index (κ3) is 4.31. The van der Waals surface area contributed by atoms with Gasteiger partial charge in [0.1, 0.15) is 11.3 Å². The van der Waals surface area contributed by atoms with Crippen molar-refractivity contribution in [2.45, 2.75) is 13.8 Å². The first-order valence-corrected chi connectivity index (χ1v) is 9.42. The molecule has 0 aliphatic rings. The highest BCUT2D eigenvalue weighted by atomic mass is 32.1. The summed E-state index contributed by atoms with van der Waals surface area (Å²) in [5, 5.41) is 19.8. The minimum absolute atomic E-state index is 0.0285. The molecule has 1 heterocycles. The maximum atomic E-state index is 12.3. The lowest BCUT2D eigenvalue weighted by atomic mass is 10.1. The molecule has 30 heavy (non-hydrogen) atoms. The monoisotopic (exact) mass is 425 g/mol. The molecule has 0 saturated carbocycles. The van der Waals surface area contributed by atoms with Gasteiger partial charge in [-0.25, -0.2) is 4.79 Å². The van der Waals surface area contributed by atoms with Gasteiger partial charge >= 0.3 is 5.97 Å². The number of nitrogens with one attached hydrogen (secondary N) is 1. The highest BCUT2D eigenvalue weighted by Gasteiger charge is 2.13. The third-order valence-corrected chi connectivity index (χ3v) is 4.59. The molecule has 0 aliphatic carbocycles. The second-order valence-corrected chi connectivity index (χ2v) is 6.71. The molecule has 1 aromatic heterocycles. The van der Waals surface area contributed by atoms with E-state index in [2.05, 4.69) is 9.98 Å². The van der Waals surface area contributed by atoms with Crippen molar-refractivity contribution in [2.24, 2.45) is 4.99 Å². The maximum absolute atomic E-state index is 12.3. The molecule has 154 valence electrons. The first kappa shape index (κ1) is 21.0. The first-order valence-electron chi connectivity index (χ1n) is 9.01. The molecule has 0 spiro atoms. The van der Waals surface area contributed by atoms with Crippen LogP contribution in [0.25, 0.3) is 5.69 Å². The van der Waals surface area contributed by atoms with Gasteiger partial charge < -0.3 is 14.9 Å². The predicted octanol–water partition coefficient (Wildman–Crippen LogP) is 3.76. The Bertz CT molecular complexity index is 1240. The number of nitrogens with zero attached hydrogens (tertiary/aromatic N) is 2. The van der Waals surface area contributed by atoms with Crippen LogP contribution in [0.4, 0.5) is 5.69 Å². The van der Waals surface area contributed by atoms with E-state index in [1.807, 2.05) is 6.92 Å². The molecule has 3 aromatic rings. The molecule has 0 aliphatic heterocycles. The van der Waals surface area contributed by atoms with E-state index < -0.39 is 11.5 Å². The Hall–Kier alpha value is -3.72. The van der Waals surface area contributed by atoms with Crippen LogP contribution >= 0.6 is 12.2 Å². The van der Waals surface area contributed by atoms with Crippen molar-refractivity contribution in [1.29, 1.82) is 0 Å². The predicted molar refractivity (Wildman–Crippen MR) is 115 cm³/mol. The number of hydrogen-bond donors (Lipinski definition) is 3. The van der Waals surface area contributed by atoms with Crippen LogP contribution in [-0.4, -0.2) is 38.6 Å². The number of rotatable bonds is 6. The Morgan fingerprint density at radius 1 is 1.27 bits per heavy atom. The number of aromatic carboxylic acids is 1. The van der Waals surface area contributed by atoms with Crippen LogP contribution < -0.4 is 10.3 Å². The Morgan fingerprint density at radius 3 is 2.57 bits per heavy atom. The third-order valence-electron chi connectivity index (χ3n) is 4.30. The lowest BCUT2D eigenvalue weighted by Gasteiger charge is -2.12. The summed E-state index contributed by atoms with van der Waals surface area (Å²) in [7, 11) is 0. The average molecular weight is 425 g/mol. The molecule has 3 rings (SSSR count). The number of aromatic hydroxyl groups is 1. The highest BCUT2D eigenvalue weighted by molar-refractivity contribution is 7.71. The fraction of sp³-hybridized carbons (Fsp3) is 0.143. The van der Waals surface area contributed by atoms with Crippen LogP contribution in [-0.2, 0) is 0 Å². The first-order chi connectivity index (χ1) is 14.3. The van der Waals surface area contributed by atoms with Crippen LogP contribution in [0.2, 0.25) is 0 Å². The summed E-state index contributed by atoms with van der Waals surface area (Å²) in [5.41, 5.74) is 1.07. The number of aromatic amines is 1. The number of aryl methyl sites for hydroxylation is 1. The van der Waals surface area contributed by atoms with Crippen LogP contribution in [0.3, 0.4) is 0 Å². The molecule has 8 nitrogen and oxygen atoms in total. The molecular weight excluding hydrogens is 406 g/mol. The standard InChI is InChI=1S/C21H19N3O5S/c1-3-29-15-7-5-14(6-8-15)24-19(26)16(18(25)23-21(24)30)11-22-17-9-4-13(20(27)28)10-12(17)2/h4-11,26H,3H2,1-2H3,(H,27,28)(H,23,25,30). The number of aliphatic imine (C=N–C) groups is 1. The molecular formula is C21H19N3O5S. The molecule has 9 heteroatoms. The zero-order valence-corrected chi connectivity index (χ0v) is 17.1. The van der Waals surface area contributed by atoms with E-state index in [-0.39, 0.29) is 21.8 Å². The summed E-state index contributed by atoms with van der Waals surface area (Å²) in [5.74, 6) is -0.740. The van der Waals surface area contributed by atoms with Crippen molar-refractivity contribution < 1.29 is 19.7 Å². The van der Waals surface area contributed by atoms with Gasteiger partial charge in [-0.1, -0.05) is 0 Å². The van der Waals surface area contributed by atoms with Crippen molar-refractivity contribution in [1.82, 2.24) is 9.55 Å². The second kappa shape index (κ2) is 8.75. The van der Waals surface area contributed by atoms with Crippen molar-refractivity contribution in [3.63, 3.8) is 0 Å². The van der Waals surface area contributed by atoms with Gasteiger partial charge in [-0.15, -0.1) is 0 Å². The van der Waals surface area contributed by atoms with Gasteiger partial charge in [0, 0.05) is 6.21 Å². The van der Waals surface area contributed by atoms with Crippen molar-refractivity contribution in [3.05, 3.63) is 74.3 Å². The topological polar surface area (TPSA) is 117 Å². The highest BCUT2D eigenvalue weighted by Crippen LogP contribution is 2.23. The molecule has 2 aromatic carbocycles. The number of hydrogen-bond acceptors (Lipinski definition) is 6. The van der Waals surface area contributed by atoms with Crippen LogP contribution in [0.5, 0.6) is 11.6 Å². The van der Waals surface area contributed by atoms with Gasteiger partial charge in [0.2, 0.25) is 5.88 Å². The number of carbonyl (C=O) groups is 1. The van der Waals surface area contributed by atoms with Gasteiger partial charge in [0.15, 0.2) is 4.77 Å². The number of ether oxygens (including phenoxy) is 1. The molecule has 0 amide bonds. The minimum Gasteiger partial charge on any atom is -0.494 e. The van der Waals surface area contributed by atoms with Gasteiger partial charge in [-0.2, -0.15) is 0 Å². The summed E-state index contributed by atoms with van der Waals surface area (Å²) >= 11 is 5.21. The second-order valence-electron chi connectivity index (χ2n) is 6.32. The fourth-order valence-electron chi connectivity index (χ4n) is 2.82. The largest absolute Gasteiger partial charge is 0.494 e. The maximum Gasteiger partial charge on any atom is 0.335 e. The van der Waals surface area contributed by atoms with Gasteiger partial charge in [-0.05, 0) is 74.1 Å². The lowest BCUT2D eigenvalue weighted by molar-refractivity contribution is 0.0697. The Labute approximate surface area is 176 Å². The number of carboxylic acids is 1. The lowest BCUT2D eigenvalue weighted by Crippen LogP contribution is -2.18. The molecule has 0 saturated heterocycles. The number of H-pyrrole nitrogens is 1. The molecule has 0 bridgehead atoms. The summed E-state index contributed by atoms with van der Waals surface area (Å²) in [6, 6.07) is 11.3. The number of aromatic nitrogens is 2. The Morgan fingerprint density at radius 2 is 1.97 bits per heavy atom. The van der Waals surface area contributed by atoms with E-state index in [4.69, 9.17) is 22.1 Å². The summed E-state index contributed by atoms with van der Waals surface area (Å²) in [6.07, 6.45) is 1.22. The van der Waals surface area contributed by atoms with E-state index in [1.54, 1.807) is 31.2 Å². The summed E-state index contributed by atoms with van der Waals surface area (Å²) in [6.45, 7) is 4.10. The van der Waals surface area contributed by atoms with Crippen LogP contribution in [0, 0.1) is 11.7 Å². The van der Waals surface area contributed by atoms with E-state index in [9.17, 15) is 14.7 Å². The van der Waals surface area contributed by atoms with E-state index in [1.165, 1.54) is 29.0 Å². The molecule has 0 fully saturated rings. The average Bonchev–Trinajstić information content (AvgIpc) is 2.70. The quantitative estimate of drug-likeness (QED) is 0.409. The SMILES string of the molecule is CCOc1ccc(-n2c(O)c(C=Nc3ccc(C(=O)O)cc3C)c(=O)[nH]c2=S)cc1. The minimum atomic E-state index is -1.04. The number of benzene rings is 2. The van der Waals surface area contributed by atoms with Crippen molar-refractivity contribution >= 4 is 30.1 Å². The Balaban J connectivity index is 2.03. The van der Waals surface area contributed by atoms with E-state index in [0.29, 0.717) is 29.3 Å². The van der Waals surface area contributed by atoms with Crippen molar-refractivity contribution in [2.75, 3.05) is 6.61 Å². The van der Waals surface area contributed by atoms with E-state index in [0.717, 1.165) is 0 Å². The van der Waals surface area contributed by atoms with Gasteiger partial charge in [-0.3, -0.25) is 19.3 Å². The summed E-state index contributed by atoms with van der Waals surface area (Å²) in [4.78, 5) is 30.2.